The van der Waals surface area contributed by atoms with E-state index in [9.17, 15) is 4.79 Å². The molecular weight excluding hydrogens is 318 g/mol. The first kappa shape index (κ1) is 16.2. The second kappa shape index (κ2) is 5.35. The first-order valence-electron chi connectivity index (χ1n) is 9.29. The normalized spacial score (nSPS) is 31.6. The number of aromatic nitrogens is 2. The maximum atomic E-state index is 12.0. The Morgan fingerprint density at radius 1 is 1.38 bits per heavy atom. The minimum Gasteiger partial charge on any atom is -0.450 e. The van der Waals surface area contributed by atoms with Gasteiger partial charge in [-0.05, 0) is 49.6 Å². The zero-order valence-corrected chi connectivity index (χ0v) is 16.1. The van der Waals surface area contributed by atoms with Crippen LogP contribution in [0.4, 0.5) is 4.79 Å². The van der Waals surface area contributed by atoms with Gasteiger partial charge in [0.2, 0.25) is 0 Å². The van der Waals surface area contributed by atoms with E-state index in [0.717, 1.165) is 31.2 Å². The summed E-state index contributed by atoms with van der Waals surface area (Å²) in [5.41, 5.74) is 1.53. The van der Waals surface area contributed by atoms with Crippen molar-refractivity contribution < 1.29 is 9.53 Å². The molecular formula is C18H29N3O2Si. The SMILES string of the molecule is C[Si](C)(C)CCOC(=O)NC12CC(n3cc(C4CCC4)cn3)(C1)C2. The van der Waals surface area contributed by atoms with Gasteiger partial charge < -0.3 is 10.1 Å². The summed E-state index contributed by atoms with van der Waals surface area (Å²) in [7, 11) is -1.15. The van der Waals surface area contributed by atoms with Gasteiger partial charge >= 0.3 is 6.09 Å². The highest BCUT2D eigenvalue weighted by atomic mass is 28.3. The lowest BCUT2D eigenvalue weighted by atomic mass is 9.44. The highest BCUT2D eigenvalue weighted by molar-refractivity contribution is 6.76. The molecule has 132 valence electrons. The molecule has 0 saturated heterocycles. The minimum atomic E-state index is -1.15. The van der Waals surface area contributed by atoms with Gasteiger partial charge in [-0.2, -0.15) is 5.10 Å². The number of amides is 1. The fourth-order valence-corrected chi connectivity index (χ4v) is 5.08. The van der Waals surface area contributed by atoms with Gasteiger partial charge in [0, 0.05) is 14.3 Å². The van der Waals surface area contributed by atoms with Crippen LogP contribution in [0, 0.1) is 0 Å². The first-order valence-corrected chi connectivity index (χ1v) is 13.0. The van der Waals surface area contributed by atoms with Crippen molar-refractivity contribution >= 4 is 14.2 Å². The standard InChI is InChI=1S/C18H29N3O2Si/c1-24(2,3)8-7-23-16(22)20-17-11-18(12-17,13-17)21-10-15(9-19-21)14-5-4-6-14/h9-10,14H,4-8,11-13H2,1-3H3,(H,20,22). The molecule has 4 fully saturated rings. The average molecular weight is 348 g/mol. The number of hydrogen-bond donors (Lipinski definition) is 1. The lowest BCUT2D eigenvalue weighted by molar-refractivity contribution is -0.141. The number of carbonyl (C=O) groups excluding carboxylic acids is 1. The first-order chi connectivity index (χ1) is 11.3. The Balaban J connectivity index is 1.25. The molecule has 4 saturated carbocycles. The molecule has 1 aromatic heterocycles. The third kappa shape index (κ3) is 2.78. The largest absolute Gasteiger partial charge is 0.450 e. The number of carbonyl (C=O) groups is 1. The number of rotatable bonds is 6. The summed E-state index contributed by atoms with van der Waals surface area (Å²) >= 11 is 0. The smallest absolute Gasteiger partial charge is 0.407 e. The molecule has 4 aliphatic rings. The van der Waals surface area contributed by atoms with Crippen LogP contribution in [0.2, 0.25) is 25.7 Å². The lowest BCUT2D eigenvalue weighted by Crippen LogP contribution is -2.78. The predicted octanol–water partition coefficient (Wildman–Crippen LogP) is 3.85. The molecule has 1 heterocycles. The van der Waals surface area contributed by atoms with E-state index in [1.807, 2.05) is 0 Å². The maximum absolute atomic E-state index is 12.0. The van der Waals surface area contributed by atoms with Crippen LogP contribution >= 0.6 is 0 Å². The molecule has 4 aliphatic carbocycles. The van der Waals surface area contributed by atoms with Crippen LogP contribution in [-0.4, -0.2) is 36.1 Å². The summed E-state index contributed by atoms with van der Waals surface area (Å²) < 4.78 is 7.54. The Kier molecular flexibility index (Phi) is 3.60. The molecule has 0 aliphatic heterocycles. The summed E-state index contributed by atoms with van der Waals surface area (Å²) in [5, 5.41) is 7.72. The molecule has 6 heteroatoms. The Hall–Kier alpha value is -1.30. The molecule has 24 heavy (non-hydrogen) atoms. The van der Waals surface area contributed by atoms with Gasteiger partial charge in [0.25, 0.3) is 0 Å². The van der Waals surface area contributed by atoms with E-state index in [4.69, 9.17) is 4.74 Å². The summed E-state index contributed by atoms with van der Waals surface area (Å²) in [4.78, 5) is 12.0. The van der Waals surface area contributed by atoms with Crippen LogP contribution in [0.1, 0.15) is 50.0 Å². The van der Waals surface area contributed by atoms with Gasteiger partial charge in [-0.25, -0.2) is 4.79 Å². The number of nitrogens with zero attached hydrogens (tertiary/aromatic N) is 2. The molecule has 0 unspecified atom stereocenters. The number of hydrogen-bond acceptors (Lipinski definition) is 3. The van der Waals surface area contributed by atoms with E-state index in [1.54, 1.807) is 0 Å². The summed E-state index contributed by atoms with van der Waals surface area (Å²) in [6.45, 7) is 7.43. The second-order valence-electron chi connectivity index (χ2n) is 9.45. The molecule has 1 N–H and O–H groups in total. The third-order valence-corrected chi connectivity index (χ3v) is 7.82. The third-order valence-electron chi connectivity index (χ3n) is 6.12. The van der Waals surface area contributed by atoms with Crippen molar-refractivity contribution in [2.75, 3.05) is 6.61 Å². The van der Waals surface area contributed by atoms with Crippen molar-refractivity contribution in [1.29, 1.82) is 0 Å². The number of ether oxygens (including phenoxy) is 1. The van der Waals surface area contributed by atoms with Crippen molar-refractivity contribution in [3.8, 4) is 0 Å². The van der Waals surface area contributed by atoms with Crippen molar-refractivity contribution in [2.45, 2.75) is 81.2 Å². The van der Waals surface area contributed by atoms with Crippen molar-refractivity contribution in [3.05, 3.63) is 18.0 Å². The van der Waals surface area contributed by atoms with E-state index in [2.05, 4.69) is 47.1 Å². The molecule has 2 bridgehead atoms. The van der Waals surface area contributed by atoms with E-state index < -0.39 is 8.07 Å². The van der Waals surface area contributed by atoms with Crippen molar-refractivity contribution in [3.63, 3.8) is 0 Å². The molecule has 0 spiro atoms. The van der Waals surface area contributed by atoms with Crippen LogP contribution < -0.4 is 5.32 Å². The Labute approximate surface area is 145 Å². The number of nitrogens with one attached hydrogen (secondary N) is 1. The molecule has 0 aromatic carbocycles. The number of alkyl carbamates (subject to hydrolysis) is 1. The summed E-state index contributed by atoms with van der Waals surface area (Å²) in [6.07, 6.45) is 11.0. The quantitative estimate of drug-likeness (QED) is 0.795. The summed E-state index contributed by atoms with van der Waals surface area (Å²) in [6, 6.07) is 1.02. The van der Waals surface area contributed by atoms with E-state index in [1.165, 1.54) is 24.8 Å². The Morgan fingerprint density at radius 3 is 2.67 bits per heavy atom. The van der Waals surface area contributed by atoms with Crippen LogP contribution in [-0.2, 0) is 10.3 Å². The zero-order valence-electron chi connectivity index (χ0n) is 15.1. The summed E-state index contributed by atoms with van der Waals surface area (Å²) in [5.74, 6) is 0.736. The highest BCUT2D eigenvalue weighted by Gasteiger charge is 2.70. The van der Waals surface area contributed by atoms with Crippen molar-refractivity contribution in [2.24, 2.45) is 0 Å². The van der Waals surface area contributed by atoms with Gasteiger partial charge in [-0.3, -0.25) is 4.68 Å². The molecule has 1 amide bonds. The van der Waals surface area contributed by atoms with Gasteiger partial charge in [0.1, 0.15) is 0 Å². The fourth-order valence-electron chi connectivity index (χ4n) is 4.36. The van der Waals surface area contributed by atoms with Gasteiger partial charge in [-0.15, -0.1) is 0 Å². The monoisotopic (exact) mass is 347 g/mol. The lowest BCUT2D eigenvalue weighted by Gasteiger charge is -2.69. The predicted molar refractivity (Wildman–Crippen MR) is 96.0 cm³/mol. The van der Waals surface area contributed by atoms with Crippen LogP contribution in [0.3, 0.4) is 0 Å². The fraction of sp³-hybridized carbons (Fsp3) is 0.778. The molecule has 0 radical (unpaired) electrons. The Morgan fingerprint density at radius 2 is 2.08 bits per heavy atom. The van der Waals surface area contributed by atoms with E-state index in [0.29, 0.717) is 6.61 Å². The van der Waals surface area contributed by atoms with Gasteiger partial charge in [-0.1, -0.05) is 26.1 Å². The molecule has 1 aromatic rings. The zero-order chi connectivity index (χ0) is 17.0. The van der Waals surface area contributed by atoms with Crippen LogP contribution in [0.25, 0.3) is 0 Å². The van der Waals surface area contributed by atoms with E-state index in [-0.39, 0.29) is 17.2 Å². The maximum Gasteiger partial charge on any atom is 0.407 e. The molecule has 0 atom stereocenters. The highest BCUT2D eigenvalue weighted by Crippen LogP contribution is 2.65. The molecule has 5 nitrogen and oxygen atoms in total. The van der Waals surface area contributed by atoms with E-state index >= 15 is 0 Å². The van der Waals surface area contributed by atoms with Crippen molar-refractivity contribution in [1.82, 2.24) is 15.1 Å². The van der Waals surface area contributed by atoms with Gasteiger partial charge in [0.05, 0.1) is 23.9 Å². The Bertz CT molecular complexity index is 625. The average Bonchev–Trinajstić information content (AvgIpc) is 2.77. The van der Waals surface area contributed by atoms with Gasteiger partial charge in [0.15, 0.2) is 0 Å². The topological polar surface area (TPSA) is 56.1 Å². The molecule has 5 rings (SSSR count). The second-order valence-corrected chi connectivity index (χ2v) is 15.1. The van der Waals surface area contributed by atoms with Crippen LogP contribution in [0.5, 0.6) is 0 Å². The van der Waals surface area contributed by atoms with Crippen LogP contribution in [0.15, 0.2) is 12.4 Å². The minimum absolute atomic E-state index is 0.0289.